The zero-order valence-electron chi connectivity index (χ0n) is 7.98. The second kappa shape index (κ2) is 3.77. The first kappa shape index (κ1) is 10.9. The van der Waals surface area contributed by atoms with Crippen molar-refractivity contribution in [2.75, 3.05) is 12.4 Å². The smallest absolute Gasteiger partial charge is 0.179 e. The first-order valence-electron chi connectivity index (χ1n) is 4.68. The number of fused-ring (bicyclic) bond motifs is 1. The van der Waals surface area contributed by atoms with Crippen LogP contribution < -0.4 is 0 Å². The minimum absolute atomic E-state index is 0.0230. The van der Waals surface area contributed by atoms with Crippen LogP contribution in [0.4, 0.5) is 0 Å². The normalized spacial score (nSPS) is 22.7. The fourth-order valence-corrected chi connectivity index (χ4v) is 4.33. The van der Waals surface area contributed by atoms with Gasteiger partial charge in [0.1, 0.15) is 0 Å². The summed E-state index contributed by atoms with van der Waals surface area (Å²) in [4.78, 5) is 0.327. The maximum atomic E-state index is 11.8. The summed E-state index contributed by atoms with van der Waals surface area (Å²) in [6.07, 6.45) is 0.440. The molecule has 0 saturated carbocycles. The van der Waals surface area contributed by atoms with Crippen LogP contribution in [0.1, 0.15) is 17.9 Å². The number of rotatable bonds is 2. The fourth-order valence-electron chi connectivity index (χ4n) is 2.01. The van der Waals surface area contributed by atoms with Gasteiger partial charge in [0.05, 0.1) is 10.6 Å². The monoisotopic (exact) mass is 246 g/mol. The molecule has 1 aliphatic heterocycles. The number of sulfone groups is 1. The van der Waals surface area contributed by atoms with Gasteiger partial charge in [0.25, 0.3) is 0 Å². The minimum atomic E-state index is -3.20. The van der Waals surface area contributed by atoms with Crippen LogP contribution in [0.15, 0.2) is 23.1 Å². The lowest BCUT2D eigenvalue weighted by atomic mass is 9.98. The molecule has 0 fully saturated rings. The molecule has 1 heterocycles. The molecule has 0 saturated heterocycles. The molecule has 1 aliphatic rings. The molecule has 0 amide bonds. The summed E-state index contributed by atoms with van der Waals surface area (Å²) >= 11 is 5.98. The van der Waals surface area contributed by atoms with E-state index in [0.29, 0.717) is 21.9 Å². The Labute approximate surface area is 93.6 Å². The third kappa shape index (κ3) is 1.77. The molecule has 1 atom stereocenters. The summed E-state index contributed by atoms with van der Waals surface area (Å²) in [5, 5.41) is 9.35. The second-order valence-corrected chi connectivity index (χ2v) is 6.05. The van der Waals surface area contributed by atoms with Crippen LogP contribution in [-0.2, 0) is 9.84 Å². The lowest BCUT2D eigenvalue weighted by molar-refractivity contribution is 0.279. The Balaban J connectivity index is 2.59. The van der Waals surface area contributed by atoms with Crippen molar-refractivity contribution >= 4 is 21.4 Å². The number of aliphatic hydroxyl groups is 1. The molecule has 1 aromatic rings. The van der Waals surface area contributed by atoms with E-state index in [4.69, 9.17) is 16.7 Å². The van der Waals surface area contributed by atoms with Crippen LogP contribution in [-0.4, -0.2) is 25.9 Å². The van der Waals surface area contributed by atoms with E-state index in [-0.39, 0.29) is 18.3 Å². The van der Waals surface area contributed by atoms with Crippen molar-refractivity contribution in [2.24, 2.45) is 0 Å². The number of hydrogen-bond donors (Lipinski definition) is 1. The van der Waals surface area contributed by atoms with Gasteiger partial charge in [-0.25, -0.2) is 8.42 Å². The first-order chi connectivity index (χ1) is 7.06. The quantitative estimate of drug-likeness (QED) is 0.862. The van der Waals surface area contributed by atoms with Gasteiger partial charge < -0.3 is 5.11 Å². The Morgan fingerprint density at radius 1 is 1.47 bits per heavy atom. The topological polar surface area (TPSA) is 54.4 Å². The summed E-state index contributed by atoms with van der Waals surface area (Å²) < 4.78 is 23.5. The van der Waals surface area contributed by atoms with Gasteiger partial charge in [0, 0.05) is 17.5 Å². The molecule has 5 heteroatoms. The average molecular weight is 247 g/mol. The molecule has 82 valence electrons. The Bertz CT molecular complexity index is 481. The van der Waals surface area contributed by atoms with Gasteiger partial charge in [-0.05, 0) is 24.1 Å². The molecule has 0 aromatic heterocycles. The standard InChI is InChI=1S/C10H11ClO3S/c11-8-2-1-3-9-10(8)7(4-5-12)6-15(9,13)14/h1-3,7,12H,4-6H2. The Hall–Kier alpha value is -0.580. The Kier molecular flexibility index (Phi) is 2.75. The molecule has 0 radical (unpaired) electrons. The summed E-state index contributed by atoms with van der Waals surface area (Å²) in [5.41, 5.74) is 0.674. The molecule has 0 aliphatic carbocycles. The van der Waals surface area contributed by atoms with Crippen molar-refractivity contribution in [1.29, 1.82) is 0 Å². The van der Waals surface area contributed by atoms with Crippen LogP contribution in [0.25, 0.3) is 0 Å². The highest BCUT2D eigenvalue weighted by molar-refractivity contribution is 7.91. The average Bonchev–Trinajstić information content (AvgIpc) is 2.41. The summed E-state index contributed by atoms with van der Waals surface area (Å²) in [6.45, 7) is -0.0230. The Morgan fingerprint density at radius 3 is 2.87 bits per heavy atom. The van der Waals surface area contributed by atoms with Crippen molar-refractivity contribution in [3.05, 3.63) is 28.8 Å². The summed E-state index contributed by atoms with van der Waals surface area (Å²) in [5.74, 6) is -0.101. The minimum Gasteiger partial charge on any atom is -0.396 e. The summed E-state index contributed by atoms with van der Waals surface area (Å²) in [6, 6.07) is 4.90. The lowest BCUT2D eigenvalue weighted by Gasteiger charge is -2.08. The maximum absolute atomic E-state index is 11.8. The molecule has 2 rings (SSSR count). The predicted octanol–water partition coefficient (Wildman–Crippen LogP) is 1.59. The third-order valence-electron chi connectivity index (χ3n) is 2.65. The van der Waals surface area contributed by atoms with E-state index in [2.05, 4.69) is 0 Å². The van der Waals surface area contributed by atoms with Crippen LogP contribution in [0.5, 0.6) is 0 Å². The number of halogens is 1. The van der Waals surface area contributed by atoms with Gasteiger partial charge >= 0.3 is 0 Å². The van der Waals surface area contributed by atoms with E-state index in [9.17, 15) is 8.42 Å². The molecule has 1 unspecified atom stereocenters. The third-order valence-corrected chi connectivity index (χ3v) is 4.85. The van der Waals surface area contributed by atoms with Gasteiger partial charge in [0.2, 0.25) is 0 Å². The van der Waals surface area contributed by atoms with E-state index in [1.165, 1.54) is 0 Å². The van der Waals surface area contributed by atoms with Gasteiger partial charge in [-0.1, -0.05) is 17.7 Å². The molecule has 15 heavy (non-hydrogen) atoms. The zero-order chi connectivity index (χ0) is 11.1. The highest BCUT2D eigenvalue weighted by atomic mass is 35.5. The van der Waals surface area contributed by atoms with Crippen molar-refractivity contribution in [1.82, 2.24) is 0 Å². The largest absolute Gasteiger partial charge is 0.396 e. The van der Waals surface area contributed by atoms with Crippen LogP contribution in [0.3, 0.4) is 0 Å². The molecule has 0 bridgehead atoms. The van der Waals surface area contributed by atoms with Gasteiger partial charge in [-0.2, -0.15) is 0 Å². The van der Waals surface area contributed by atoms with Crippen molar-refractivity contribution < 1.29 is 13.5 Å². The highest BCUT2D eigenvalue weighted by Crippen LogP contribution is 2.40. The van der Waals surface area contributed by atoms with E-state index >= 15 is 0 Å². The van der Waals surface area contributed by atoms with Crippen molar-refractivity contribution in [3.63, 3.8) is 0 Å². The van der Waals surface area contributed by atoms with Crippen molar-refractivity contribution in [2.45, 2.75) is 17.2 Å². The maximum Gasteiger partial charge on any atom is 0.179 e. The second-order valence-electron chi connectivity index (χ2n) is 3.64. The molecule has 0 spiro atoms. The number of aliphatic hydroxyl groups excluding tert-OH is 1. The Morgan fingerprint density at radius 2 is 2.20 bits per heavy atom. The van der Waals surface area contributed by atoms with Gasteiger partial charge in [0.15, 0.2) is 9.84 Å². The molecular formula is C10H11ClO3S. The fraction of sp³-hybridized carbons (Fsp3) is 0.400. The predicted molar refractivity (Wildman–Crippen MR) is 57.9 cm³/mol. The van der Waals surface area contributed by atoms with E-state index in [1.54, 1.807) is 18.2 Å². The number of benzene rings is 1. The van der Waals surface area contributed by atoms with E-state index in [1.807, 2.05) is 0 Å². The van der Waals surface area contributed by atoms with Crippen LogP contribution in [0, 0.1) is 0 Å². The zero-order valence-corrected chi connectivity index (χ0v) is 9.55. The van der Waals surface area contributed by atoms with Gasteiger partial charge in [-0.3, -0.25) is 0 Å². The molecule has 3 nitrogen and oxygen atoms in total. The summed E-state index contributed by atoms with van der Waals surface area (Å²) in [7, 11) is -3.20. The van der Waals surface area contributed by atoms with Crippen molar-refractivity contribution in [3.8, 4) is 0 Å². The molecule has 1 aromatic carbocycles. The van der Waals surface area contributed by atoms with Crippen LogP contribution >= 0.6 is 11.6 Å². The van der Waals surface area contributed by atoms with Gasteiger partial charge in [-0.15, -0.1) is 0 Å². The number of hydrogen-bond acceptors (Lipinski definition) is 3. The van der Waals surface area contributed by atoms with E-state index in [0.717, 1.165) is 0 Å². The SMILES string of the molecule is O=S1(=O)CC(CCO)c2c(Cl)cccc21. The van der Waals surface area contributed by atoms with Crippen LogP contribution in [0.2, 0.25) is 5.02 Å². The first-order valence-corrected chi connectivity index (χ1v) is 6.71. The lowest BCUT2D eigenvalue weighted by Crippen LogP contribution is -2.05. The molecular weight excluding hydrogens is 236 g/mol. The van der Waals surface area contributed by atoms with E-state index < -0.39 is 9.84 Å². The molecule has 1 N–H and O–H groups in total. The highest BCUT2D eigenvalue weighted by Gasteiger charge is 2.35.